The molecule has 4 heteroatoms. The van der Waals surface area contributed by atoms with Gasteiger partial charge in [0.2, 0.25) is 0 Å². The molecule has 0 aliphatic carbocycles. The Morgan fingerprint density at radius 1 is 1.08 bits per heavy atom. The molecule has 0 spiro atoms. The largest absolute Gasteiger partial charge is 0.467 e. The molecule has 0 saturated heterocycles. The van der Waals surface area contributed by atoms with Crippen LogP contribution in [0.5, 0.6) is 0 Å². The zero-order valence-electron chi connectivity index (χ0n) is 14.3. The van der Waals surface area contributed by atoms with E-state index < -0.39 is 0 Å². The van der Waals surface area contributed by atoms with Crippen LogP contribution in [-0.2, 0) is 6.54 Å². The molecule has 1 aliphatic rings. The third-order valence-corrected chi connectivity index (χ3v) is 4.64. The van der Waals surface area contributed by atoms with E-state index in [9.17, 15) is 4.79 Å². The minimum Gasteiger partial charge on any atom is -0.467 e. The Labute approximate surface area is 147 Å². The van der Waals surface area contributed by atoms with Crippen LogP contribution in [0.1, 0.15) is 39.0 Å². The topological polar surface area (TPSA) is 45.5 Å². The molecule has 0 fully saturated rings. The van der Waals surface area contributed by atoms with Gasteiger partial charge in [0, 0.05) is 16.8 Å². The molecule has 1 aromatic heterocycles. The molecule has 4 rings (SSSR count). The molecule has 0 bridgehead atoms. The van der Waals surface area contributed by atoms with Crippen LogP contribution in [-0.4, -0.2) is 10.8 Å². The number of furan rings is 1. The van der Waals surface area contributed by atoms with E-state index in [1.165, 1.54) is 5.56 Å². The van der Waals surface area contributed by atoms with E-state index in [-0.39, 0.29) is 12.1 Å². The highest BCUT2D eigenvalue weighted by Crippen LogP contribution is 2.36. The van der Waals surface area contributed by atoms with Crippen molar-refractivity contribution in [2.45, 2.75) is 26.6 Å². The molecule has 1 aliphatic heterocycles. The quantitative estimate of drug-likeness (QED) is 0.755. The van der Waals surface area contributed by atoms with Crippen LogP contribution in [0.15, 0.2) is 65.3 Å². The number of anilines is 1. The first-order valence-electron chi connectivity index (χ1n) is 8.39. The Morgan fingerprint density at radius 2 is 1.92 bits per heavy atom. The summed E-state index contributed by atoms with van der Waals surface area (Å²) in [4.78, 5) is 14.7. The molecule has 0 unspecified atom stereocenters. The lowest BCUT2D eigenvalue weighted by molar-refractivity contribution is 0.0715. The number of fused-ring (bicyclic) bond motifs is 1. The van der Waals surface area contributed by atoms with E-state index in [1.807, 2.05) is 41.3 Å². The van der Waals surface area contributed by atoms with E-state index in [4.69, 9.17) is 4.42 Å². The van der Waals surface area contributed by atoms with Crippen molar-refractivity contribution in [3.8, 4) is 0 Å². The van der Waals surface area contributed by atoms with Crippen molar-refractivity contribution >= 4 is 11.6 Å². The van der Waals surface area contributed by atoms with Crippen molar-refractivity contribution in [3.05, 3.63) is 88.9 Å². The molecule has 0 saturated carbocycles. The van der Waals surface area contributed by atoms with Crippen molar-refractivity contribution in [1.29, 1.82) is 0 Å². The van der Waals surface area contributed by atoms with Gasteiger partial charge in [-0.1, -0.05) is 35.9 Å². The SMILES string of the molecule is Cc1ccc(N[C@H]2c3ccccc3C(=O)N2Cc2ccco2)c(C)c1. The van der Waals surface area contributed by atoms with E-state index in [0.717, 1.165) is 28.1 Å². The molecule has 1 N–H and O–H groups in total. The fourth-order valence-corrected chi connectivity index (χ4v) is 3.38. The zero-order chi connectivity index (χ0) is 17.4. The second-order valence-electron chi connectivity index (χ2n) is 6.46. The molecule has 4 nitrogen and oxygen atoms in total. The molecule has 0 radical (unpaired) electrons. The van der Waals surface area contributed by atoms with Crippen molar-refractivity contribution in [1.82, 2.24) is 4.90 Å². The first-order valence-corrected chi connectivity index (χ1v) is 8.39. The number of hydrogen-bond acceptors (Lipinski definition) is 3. The van der Waals surface area contributed by atoms with Gasteiger partial charge in [0.25, 0.3) is 5.91 Å². The standard InChI is InChI=1S/C21H20N2O2/c1-14-9-10-19(15(2)12-14)22-20-17-7-3-4-8-18(17)21(24)23(20)13-16-6-5-11-25-16/h3-12,20,22H,13H2,1-2H3/t20-/m1/s1. The molecule has 1 amide bonds. The van der Waals surface area contributed by atoms with E-state index in [1.54, 1.807) is 6.26 Å². The third-order valence-electron chi connectivity index (χ3n) is 4.64. The summed E-state index contributed by atoms with van der Waals surface area (Å²) in [5.41, 5.74) is 5.16. The van der Waals surface area contributed by atoms with E-state index in [0.29, 0.717) is 6.54 Å². The predicted molar refractivity (Wildman–Crippen MR) is 97.3 cm³/mol. The lowest BCUT2D eigenvalue weighted by Crippen LogP contribution is -2.31. The Kier molecular flexibility index (Phi) is 3.80. The lowest BCUT2D eigenvalue weighted by Gasteiger charge is -2.27. The van der Waals surface area contributed by atoms with Crippen molar-refractivity contribution in [2.75, 3.05) is 5.32 Å². The number of amides is 1. The van der Waals surface area contributed by atoms with Gasteiger partial charge in [-0.3, -0.25) is 4.79 Å². The molecule has 2 heterocycles. The van der Waals surface area contributed by atoms with Crippen LogP contribution in [0, 0.1) is 13.8 Å². The highest BCUT2D eigenvalue weighted by Gasteiger charge is 2.37. The molecule has 3 aromatic rings. The minimum absolute atomic E-state index is 0.0225. The first-order chi connectivity index (χ1) is 12.1. The molecule has 2 aromatic carbocycles. The average molecular weight is 332 g/mol. The minimum atomic E-state index is -0.213. The summed E-state index contributed by atoms with van der Waals surface area (Å²) in [6.45, 7) is 4.59. The molecular formula is C21H20N2O2. The number of nitrogens with one attached hydrogen (secondary N) is 1. The van der Waals surface area contributed by atoms with Crippen molar-refractivity contribution in [3.63, 3.8) is 0 Å². The van der Waals surface area contributed by atoms with Gasteiger partial charge in [0.1, 0.15) is 11.9 Å². The van der Waals surface area contributed by atoms with Crippen LogP contribution in [0.25, 0.3) is 0 Å². The monoisotopic (exact) mass is 332 g/mol. The number of rotatable bonds is 4. The normalized spacial score (nSPS) is 16.2. The van der Waals surface area contributed by atoms with Gasteiger partial charge < -0.3 is 14.6 Å². The Morgan fingerprint density at radius 3 is 2.68 bits per heavy atom. The van der Waals surface area contributed by atoms with Gasteiger partial charge in [0.05, 0.1) is 12.8 Å². The third kappa shape index (κ3) is 2.80. The molecular weight excluding hydrogens is 312 g/mol. The Balaban J connectivity index is 1.71. The Hall–Kier alpha value is -3.01. The summed E-state index contributed by atoms with van der Waals surface area (Å²) >= 11 is 0. The van der Waals surface area contributed by atoms with Gasteiger partial charge in [-0.15, -0.1) is 0 Å². The lowest BCUT2D eigenvalue weighted by atomic mass is 10.1. The van der Waals surface area contributed by atoms with E-state index in [2.05, 4.69) is 37.4 Å². The summed E-state index contributed by atoms with van der Waals surface area (Å²) in [6, 6.07) is 17.8. The predicted octanol–water partition coefficient (Wildman–Crippen LogP) is 4.66. The van der Waals surface area contributed by atoms with Crippen molar-refractivity contribution < 1.29 is 9.21 Å². The Bertz CT molecular complexity index is 915. The summed E-state index contributed by atoms with van der Waals surface area (Å²) in [7, 11) is 0. The first kappa shape index (κ1) is 15.5. The van der Waals surface area contributed by atoms with Crippen LogP contribution in [0.2, 0.25) is 0 Å². The zero-order valence-corrected chi connectivity index (χ0v) is 14.3. The van der Waals surface area contributed by atoms with Gasteiger partial charge in [-0.25, -0.2) is 0 Å². The molecule has 25 heavy (non-hydrogen) atoms. The maximum absolute atomic E-state index is 12.9. The average Bonchev–Trinajstić information content (AvgIpc) is 3.20. The van der Waals surface area contributed by atoms with Crippen LogP contribution < -0.4 is 5.32 Å². The maximum Gasteiger partial charge on any atom is 0.256 e. The summed E-state index contributed by atoms with van der Waals surface area (Å²) in [5.74, 6) is 0.794. The molecule has 1 atom stereocenters. The maximum atomic E-state index is 12.9. The summed E-state index contributed by atoms with van der Waals surface area (Å²) in [6.07, 6.45) is 1.42. The van der Waals surface area contributed by atoms with E-state index >= 15 is 0 Å². The fraction of sp³-hybridized carbons (Fsp3) is 0.190. The summed E-state index contributed by atoms with van der Waals surface area (Å²) < 4.78 is 5.46. The highest BCUT2D eigenvalue weighted by molar-refractivity contribution is 5.99. The highest BCUT2D eigenvalue weighted by atomic mass is 16.3. The van der Waals surface area contributed by atoms with Crippen LogP contribution in [0.4, 0.5) is 5.69 Å². The molecule has 126 valence electrons. The van der Waals surface area contributed by atoms with Gasteiger partial charge in [-0.05, 0) is 43.7 Å². The smallest absolute Gasteiger partial charge is 0.256 e. The number of aryl methyl sites for hydroxylation is 2. The van der Waals surface area contributed by atoms with Crippen LogP contribution in [0.3, 0.4) is 0 Å². The van der Waals surface area contributed by atoms with Gasteiger partial charge in [0.15, 0.2) is 0 Å². The van der Waals surface area contributed by atoms with Crippen molar-refractivity contribution in [2.24, 2.45) is 0 Å². The number of nitrogens with zero attached hydrogens (tertiary/aromatic N) is 1. The fourth-order valence-electron chi connectivity index (χ4n) is 3.38. The second-order valence-corrected chi connectivity index (χ2v) is 6.46. The van der Waals surface area contributed by atoms with Crippen LogP contribution >= 0.6 is 0 Å². The number of hydrogen-bond donors (Lipinski definition) is 1. The number of benzene rings is 2. The second kappa shape index (κ2) is 6.13. The number of carbonyl (C=O) groups is 1. The van der Waals surface area contributed by atoms with Gasteiger partial charge in [-0.2, -0.15) is 0 Å². The number of carbonyl (C=O) groups excluding carboxylic acids is 1. The van der Waals surface area contributed by atoms with Gasteiger partial charge >= 0.3 is 0 Å². The summed E-state index contributed by atoms with van der Waals surface area (Å²) in [5, 5.41) is 3.55.